The van der Waals surface area contributed by atoms with E-state index in [0.717, 1.165) is 30.0 Å². The number of nitrogens with two attached hydrogens (primary N) is 1. The van der Waals surface area contributed by atoms with Gasteiger partial charge in [-0.1, -0.05) is 49.6 Å². The van der Waals surface area contributed by atoms with Gasteiger partial charge in [-0.25, -0.2) is 0 Å². The first-order valence-electron chi connectivity index (χ1n) is 13.5. The summed E-state index contributed by atoms with van der Waals surface area (Å²) in [7, 11) is 0. The molecule has 11 heteroatoms. The summed E-state index contributed by atoms with van der Waals surface area (Å²) in [4.78, 5) is 39.3. The summed E-state index contributed by atoms with van der Waals surface area (Å²) < 4.78 is 38.3. The number of fused-ring (bicyclic) bond motifs is 1. The third-order valence-electron chi connectivity index (χ3n) is 7.22. The quantitative estimate of drug-likeness (QED) is 0.355. The zero-order valence-corrected chi connectivity index (χ0v) is 23.0. The van der Waals surface area contributed by atoms with Crippen LogP contribution in [-0.4, -0.2) is 36.5 Å². The first kappa shape index (κ1) is 29.7. The molecule has 0 spiro atoms. The lowest BCUT2D eigenvalue weighted by Gasteiger charge is -2.28. The topological polar surface area (TPSA) is 105 Å². The molecule has 2 unspecified atom stereocenters. The highest BCUT2D eigenvalue weighted by molar-refractivity contribution is 6.34. The maximum absolute atomic E-state index is 13.1. The standard InChI is InChI=1S/C25H26ClF3N4O3.C4H8/c26-18-5-2-6-20-22(18)32-24(36)19(13-33(20)17-4-1-3-15(11-17)14-7-8-14)31-23(35)16(12-21(30)34)9-10-25(27,28)29;1-4-2-3-4/h1-6,11,14,16,19H,7-10,12-13H2,(H2,30,34)(H,31,35)(H,32,36);4H,2-3H2,1H3. The number of nitrogens with one attached hydrogen (secondary N) is 2. The van der Waals surface area contributed by atoms with E-state index in [-0.39, 0.29) is 6.54 Å². The van der Waals surface area contributed by atoms with Crippen LogP contribution in [0.5, 0.6) is 0 Å². The number of amides is 3. The minimum absolute atomic E-state index is 0.00159. The van der Waals surface area contributed by atoms with Crippen molar-refractivity contribution >= 4 is 46.4 Å². The smallest absolute Gasteiger partial charge is 0.370 e. The predicted molar refractivity (Wildman–Crippen MR) is 148 cm³/mol. The molecule has 4 N–H and O–H groups in total. The minimum Gasteiger partial charge on any atom is -0.370 e. The fourth-order valence-electron chi connectivity index (χ4n) is 4.52. The van der Waals surface area contributed by atoms with Gasteiger partial charge in [-0.3, -0.25) is 14.4 Å². The Balaban J connectivity index is 0.000000848. The largest absolute Gasteiger partial charge is 0.389 e. The van der Waals surface area contributed by atoms with Crippen LogP contribution in [0.2, 0.25) is 5.02 Å². The van der Waals surface area contributed by atoms with E-state index in [1.54, 1.807) is 18.2 Å². The van der Waals surface area contributed by atoms with Crippen LogP contribution in [-0.2, 0) is 14.4 Å². The van der Waals surface area contributed by atoms with Gasteiger partial charge in [-0.15, -0.1) is 0 Å². The normalized spacial score (nSPS) is 19.4. The second kappa shape index (κ2) is 12.5. The second-order valence-electron chi connectivity index (χ2n) is 10.9. The number of hydrogen-bond acceptors (Lipinski definition) is 4. The average Bonchev–Trinajstić information content (AvgIpc) is 3.81. The summed E-state index contributed by atoms with van der Waals surface area (Å²) >= 11 is 6.38. The van der Waals surface area contributed by atoms with Crippen LogP contribution in [0.4, 0.5) is 30.2 Å². The van der Waals surface area contributed by atoms with Gasteiger partial charge in [0.2, 0.25) is 17.7 Å². The number of halogens is 4. The third kappa shape index (κ3) is 8.36. The number of rotatable bonds is 8. The fraction of sp³-hybridized carbons (Fsp3) is 0.483. The summed E-state index contributed by atoms with van der Waals surface area (Å²) in [5.41, 5.74) is 8.09. The van der Waals surface area contributed by atoms with Crippen LogP contribution in [0.1, 0.15) is 63.4 Å². The molecular formula is C29H34ClF3N4O3. The van der Waals surface area contributed by atoms with E-state index in [9.17, 15) is 27.6 Å². The lowest BCUT2D eigenvalue weighted by Crippen LogP contribution is -2.50. The van der Waals surface area contributed by atoms with Gasteiger partial charge in [0.15, 0.2) is 0 Å². The van der Waals surface area contributed by atoms with Crippen LogP contribution in [0.25, 0.3) is 0 Å². The fourth-order valence-corrected chi connectivity index (χ4v) is 4.73. The number of para-hydroxylation sites is 1. The summed E-state index contributed by atoms with van der Waals surface area (Å²) in [5, 5.41) is 5.57. The van der Waals surface area contributed by atoms with E-state index in [0.29, 0.717) is 22.3 Å². The van der Waals surface area contributed by atoms with E-state index in [4.69, 9.17) is 17.3 Å². The number of carbonyl (C=O) groups is 3. The lowest BCUT2D eigenvalue weighted by atomic mass is 9.97. The third-order valence-corrected chi connectivity index (χ3v) is 7.54. The van der Waals surface area contributed by atoms with Gasteiger partial charge in [-0.2, -0.15) is 13.2 Å². The first-order chi connectivity index (χ1) is 18.9. The summed E-state index contributed by atoms with van der Waals surface area (Å²) in [5.74, 6) is -2.08. The zero-order valence-electron chi connectivity index (χ0n) is 22.3. The Morgan fingerprint density at radius 1 is 1.15 bits per heavy atom. The Kier molecular flexibility index (Phi) is 9.28. The van der Waals surface area contributed by atoms with E-state index in [1.807, 2.05) is 29.2 Å². The predicted octanol–water partition coefficient (Wildman–Crippen LogP) is 6.04. The van der Waals surface area contributed by atoms with Gasteiger partial charge in [0.25, 0.3) is 0 Å². The van der Waals surface area contributed by atoms with Crippen LogP contribution >= 0.6 is 11.6 Å². The van der Waals surface area contributed by atoms with E-state index >= 15 is 0 Å². The van der Waals surface area contributed by atoms with Crippen molar-refractivity contribution in [2.24, 2.45) is 17.6 Å². The molecule has 2 aliphatic carbocycles. The van der Waals surface area contributed by atoms with Crippen molar-refractivity contribution in [1.29, 1.82) is 0 Å². The molecule has 2 aromatic rings. The van der Waals surface area contributed by atoms with Crippen LogP contribution in [0.3, 0.4) is 0 Å². The maximum Gasteiger partial charge on any atom is 0.389 e. The lowest BCUT2D eigenvalue weighted by molar-refractivity contribution is -0.143. The number of carbonyl (C=O) groups excluding carboxylic acids is 3. The van der Waals surface area contributed by atoms with Crippen LogP contribution in [0, 0.1) is 11.8 Å². The molecule has 7 nitrogen and oxygen atoms in total. The van der Waals surface area contributed by atoms with Gasteiger partial charge >= 0.3 is 6.18 Å². The van der Waals surface area contributed by atoms with Crippen molar-refractivity contribution in [2.45, 2.75) is 70.0 Å². The van der Waals surface area contributed by atoms with Crippen LogP contribution in [0.15, 0.2) is 42.5 Å². The maximum atomic E-state index is 13.1. The number of anilines is 3. The Bertz CT molecular complexity index is 1250. The molecule has 0 bridgehead atoms. The highest BCUT2D eigenvalue weighted by Gasteiger charge is 2.35. The van der Waals surface area contributed by atoms with Crippen molar-refractivity contribution in [3.8, 4) is 0 Å². The molecule has 2 atom stereocenters. The van der Waals surface area contributed by atoms with Gasteiger partial charge in [0.1, 0.15) is 6.04 Å². The molecular weight excluding hydrogens is 545 g/mol. The van der Waals surface area contributed by atoms with E-state index in [2.05, 4.69) is 17.6 Å². The number of hydrogen-bond donors (Lipinski definition) is 3. The molecule has 3 amide bonds. The number of benzene rings is 2. The highest BCUT2D eigenvalue weighted by Crippen LogP contribution is 2.43. The minimum atomic E-state index is -4.50. The summed E-state index contributed by atoms with van der Waals surface area (Å²) in [6.07, 6.45) is -1.76. The SMILES string of the molecule is CC1CC1.NC(=O)CC(CCC(F)(F)F)C(=O)NC1CN(c2cccc(C3CC3)c2)c2cccc(Cl)c2NC1=O. The molecule has 3 aliphatic rings. The highest BCUT2D eigenvalue weighted by atomic mass is 35.5. The van der Waals surface area contributed by atoms with Gasteiger partial charge in [0.05, 0.1) is 22.9 Å². The average molecular weight is 579 g/mol. The van der Waals surface area contributed by atoms with Crippen molar-refractivity contribution in [2.75, 3.05) is 16.8 Å². The molecule has 1 aliphatic heterocycles. The van der Waals surface area contributed by atoms with Gasteiger partial charge in [-0.05, 0) is 60.9 Å². The number of nitrogens with zero attached hydrogens (tertiary/aromatic N) is 1. The Labute approximate surface area is 236 Å². The molecule has 5 rings (SSSR count). The van der Waals surface area contributed by atoms with Gasteiger partial charge in [0, 0.05) is 24.4 Å². The molecule has 2 saturated carbocycles. The van der Waals surface area contributed by atoms with Crippen molar-refractivity contribution in [1.82, 2.24) is 5.32 Å². The molecule has 40 heavy (non-hydrogen) atoms. The summed E-state index contributed by atoms with van der Waals surface area (Å²) in [6.45, 7) is 2.28. The summed E-state index contributed by atoms with van der Waals surface area (Å²) in [6, 6.07) is 11.9. The monoisotopic (exact) mass is 578 g/mol. The number of alkyl halides is 3. The Morgan fingerprint density at radius 2 is 1.82 bits per heavy atom. The molecule has 2 fully saturated rings. The molecule has 1 heterocycles. The van der Waals surface area contributed by atoms with Gasteiger partial charge < -0.3 is 21.3 Å². The molecule has 2 aromatic carbocycles. The van der Waals surface area contributed by atoms with E-state index < -0.39 is 55.1 Å². The van der Waals surface area contributed by atoms with Crippen molar-refractivity contribution < 1.29 is 27.6 Å². The second-order valence-corrected chi connectivity index (χ2v) is 11.3. The Hall–Kier alpha value is -3.27. The molecule has 0 saturated heterocycles. The molecule has 0 aromatic heterocycles. The Morgan fingerprint density at radius 3 is 2.42 bits per heavy atom. The molecule has 0 radical (unpaired) electrons. The van der Waals surface area contributed by atoms with E-state index in [1.165, 1.54) is 12.8 Å². The van der Waals surface area contributed by atoms with Crippen molar-refractivity contribution in [3.63, 3.8) is 0 Å². The zero-order chi connectivity index (χ0) is 29.0. The van der Waals surface area contributed by atoms with Crippen molar-refractivity contribution in [3.05, 3.63) is 53.1 Å². The molecule has 216 valence electrons. The van der Waals surface area contributed by atoms with Crippen LogP contribution < -0.4 is 21.3 Å². The number of primary amides is 1. The first-order valence-corrected chi connectivity index (χ1v) is 13.9.